The number of carbonyl (C=O) groups is 1. The van der Waals surface area contributed by atoms with Crippen molar-refractivity contribution in [2.75, 3.05) is 26.3 Å². The Morgan fingerprint density at radius 3 is 2.50 bits per heavy atom. The first-order chi connectivity index (χ1) is 8.43. The smallest absolute Gasteiger partial charge is 0.236 e. The first-order valence-corrected chi connectivity index (χ1v) is 6.66. The molecule has 106 valence electrons. The number of ether oxygens (including phenoxy) is 1. The lowest BCUT2D eigenvalue weighted by atomic mass is 10.1. The molecule has 1 amide bonds. The van der Waals surface area contributed by atoms with Gasteiger partial charge in [-0.05, 0) is 26.2 Å². The van der Waals surface area contributed by atoms with Gasteiger partial charge in [0.1, 0.15) is 0 Å². The first-order valence-electron chi connectivity index (χ1n) is 6.66. The fourth-order valence-corrected chi connectivity index (χ4v) is 1.32. The van der Waals surface area contributed by atoms with Gasteiger partial charge < -0.3 is 15.4 Å². The number of carbonyl (C=O) groups excluding carboxylic acids is 1. The third-order valence-corrected chi connectivity index (χ3v) is 2.46. The largest absolute Gasteiger partial charge is 0.376 e. The van der Waals surface area contributed by atoms with Crippen molar-refractivity contribution in [1.29, 1.82) is 0 Å². The van der Waals surface area contributed by atoms with Crippen LogP contribution in [0.2, 0.25) is 0 Å². The number of rotatable bonds is 10. The van der Waals surface area contributed by atoms with Crippen LogP contribution in [0.1, 0.15) is 34.1 Å². The maximum Gasteiger partial charge on any atom is 0.236 e. The average Bonchev–Trinajstić information content (AvgIpc) is 2.27. The Hall–Kier alpha value is -0.870. The van der Waals surface area contributed by atoms with Gasteiger partial charge in [0.05, 0.1) is 19.3 Å². The molecule has 0 aromatic heterocycles. The van der Waals surface area contributed by atoms with Gasteiger partial charge in [-0.1, -0.05) is 26.0 Å². The molecule has 0 spiro atoms. The van der Waals surface area contributed by atoms with Crippen LogP contribution in [-0.4, -0.2) is 38.3 Å². The molecule has 18 heavy (non-hydrogen) atoms. The zero-order valence-electron chi connectivity index (χ0n) is 12.2. The molecule has 0 radical (unpaired) electrons. The predicted molar refractivity (Wildman–Crippen MR) is 75.6 cm³/mol. The second kappa shape index (κ2) is 10.1. The number of nitrogens with one attached hydrogen (secondary N) is 2. The summed E-state index contributed by atoms with van der Waals surface area (Å²) < 4.78 is 5.34. The molecule has 0 saturated heterocycles. The van der Waals surface area contributed by atoms with E-state index in [2.05, 4.69) is 31.1 Å². The molecule has 0 aliphatic carbocycles. The number of amides is 1. The van der Waals surface area contributed by atoms with Crippen LogP contribution in [-0.2, 0) is 9.53 Å². The van der Waals surface area contributed by atoms with E-state index >= 15 is 0 Å². The molecule has 0 aromatic rings. The third kappa shape index (κ3) is 10.3. The quantitative estimate of drug-likeness (QED) is 0.462. The van der Waals surface area contributed by atoms with E-state index in [1.165, 1.54) is 0 Å². The topological polar surface area (TPSA) is 50.4 Å². The summed E-state index contributed by atoms with van der Waals surface area (Å²) >= 11 is 0. The van der Waals surface area contributed by atoms with Crippen LogP contribution >= 0.6 is 0 Å². The van der Waals surface area contributed by atoms with Crippen molar-refractivity contribution in [1.82, 2.24) is 10.6 Å². The molecular formula is C14H28N2O2. The lowest BCUT2D eigenvalue weighted by Crippen LogP contribution is -2.43. The highest BCUT2D eigenvalue weighted by atomic mass is 16.5. The van der Waals surface area contributed by atoms with E-state index in [9.17, 15) is 4.79 Å². The molecule has 0 saturated carbocycles. The average molecular weight is 256 g/mol. The SMILES string of the molecule is C=C(C)COCCNC(C)C(=O)NCCC(C)C. The van der Waals surface area contributed by atoms with Crippen molar-refractivity contribution < 1.29 is 9.53 Å². The number of hydrogen-bond donors (Lipinski definition) is 2. The summed E-state index contributed by atoms with van der Waals surface area (Å²) in [6.07, 6.45) is 1.01. The summed E-state index contributed by atoms with van der Waals surface area (Å²) in [6.45, 7) is 14.4. The molecule has 0 bridgehead atoms. The standard InChI is InChI=1S/C14H28N2O2/c1-11(2)6-7-16-14(17)13(5)15-8-9-18-10-12(3)4/h11,13,15H,3,6-10H2,1-2,4-5H3,(H,16,17). The minimum absolute atomic E-state index is 0.0514. The minimum atomic E-state index is -0.175. The lowest BCUT2D eigenvalue weighted by Gasteiger charge is -2.14. The van der Waals surface area contributed by atoms with Gasteiger partial charge in [-0.15, -0.1) is 0 Å². The lowest BCUT2D eigenvalue weighted by molar-refractivity contribution is -0.122. The maximum absolute atomic E-state index is 11.7. The van der Waals surface area contributed by atoms with Gasteiger partial charge in [0.2, 0.25) is 5.91 Å². The second-order valence-corrected chi connectivity index (χ2v) is 5.16. The van der Waals surface area contributed by atoms with Gasteiger partial charge >= 0.3 is 0 Å². The van der Waals surface area contributed by atoms with Crippen LogP contribution in [0.15, 0.2) is 12.2 Å². The highest BCUT2D eigenvalue weighted by molar-refractivity contribution is 5.81. The molecule has 0 aromatic carbocycles. The van der Waals surface area contributed by atoms with E-state index in [1.807, 2.05) is 13.8 Å². The fourth-order valence-electron chi connectivity index (χ4n) is 1.32. The van der Waals surface area contributed by atoms with Gasteiger partial charge in [0.15, 0.2) is 0 Å². The predicted octanol–water partition coefficient (Wildman–Crippen LogP) is 1.72. The molecule has 4 nitrogen and oxygen atoms in total. The Bertz CT molecular complexity index is 252. The third-order valence-electron chi connectivity index (χ3n) is 2.46. The van der Waals surface area contributed by atoms with Crippen molar-refractivity contribution in [2.24, 2.45) is 5.92 Å². The first kappa shape index (κ1) is 17.1. The zero-order valence-corrected chi connectivity index (χ0v) is 12.2. The van der Waals surface area contributed by atoms with Gasteiger partial charge in [-0.25, -0.2) is 0 Å². The van der Waals surface area contributed by atoms with Crippen LogP contribution in [0.3, 0.4) is 0 Å². The van der Waals surface area contributed by atoms with Gasteiger partial charge in [-0.3, -0.25) is 4.79 Å². The van der Waals surface area contributed by atoms with Crippen LogP contribution in [0.25, 0.3) is 0 Å². The molecule has 4 heteroatoms. The van der Waals surface area contributed by atoms with E-state index in [-0.39, 0.29) is 11.9 Å². The molecular weight excluding hydrogens is 228 g/mol. The Morgan fingerprint density at radius 1 is 1.28 bits per heavy atom. The van der Waals surface area contributed by atoms with E-state index < -0.39 is 0 Å². The summed E-state index contributed by atoms with van der Waals surface area (Å²) in [5, 5.41) is 6.04. The summed E-state index contributed by atoms with van der Waals surface area (Å²) in [5.41, 5.74) is 1.01. The molecule has 1 atom stereocenters. The molecule has 0 aliphatic rings. The van der Waals surface area contributed by atoms with E-state index in [0.717, 1.165) is 18.5 Å². The van der Waals surface area contributed by atoms with Crippen molar-refractivity contribution in [2.45, 2.75) is 40.2 Å². The van der Waals surface area contributed by atoms with Crippen molar-refractivity contribution >= 4 is 5.91 Å². The van der Waals surface area contributed by atoms with Crippen molar-refractivity contribution in [3.8, 4) is 0 Å². The molecule has 0 aliphatic heterocycles. The van der Waals surface area contributed by atoms with Crippen LogP contribution in [0, 0.1) is 5.92 Å². The molecule has 0 rings (SSSR count). The maximum atomic E-state index is 11.7. The van der Waals surface area contributed by atoms with Gasteiger partial charge in [0, 0.05) is 13.1 Å². The normalized spacial score (nSPS) is 12.5. The Kier molecular flexibility index (Phi) is 9.60. The van der Waals surface area contributed by atoms with Crippen molar-refractivity contribution in [3.05, 3.63) is 12.2 Å². The minimum Gasteiger partial charge on any atom is -0.376 e. The van der Waals surface area contributed by atoms with E-state index in [1.54, 1.807) is 0 Å². The molecule has 0 heterocycles. The summed E-state index contributed by atoms with van der Waals surface area (Å²) in [5.74, 6) is 0.666. The molecule has 2 N–H and O–H groups in total. The van der Waals surface area contributed by atoms with Crippen molar-refractivity contribution in [3.63, 3.8) is 0 Å². The fraction of sp³-hybridized carbons (Fsp3) is 0.786. The van der Waals surface area contributed by atoms with E-state index in [4.69, 9.17) is 4.74 Å². The highest BCUT2D eigenvalue weighted by Gasteiger charge is 2.10. The molecule has 1 unspecified atom stereocenters. The summed E-state index contributed by atoms with van der Waals surface area (Å²) in [4.78, 5) is 11.7. The summed E-state index contributed by atoms with van der Waals surface area (Å²) in [7, 11) is 0. The van der Waals surface area contributed by atoms with Crippen LogP contribution in [0.5, 0.6) is 0 Å². The van der Waals surface area contributed by atoms with Crippen LogP contribution < -0.4 is 10.6 Å². The Morgan fingerprint density at radius 2 is 1.94 bits per heavy atom. The summed E-state index contributed by atoms with van der Waals surface area (Å²) in [6, 6.07) is -0.175. The highest BCUT2D eigenvalue weighted by Crippen LogP contribution is 1.96. The Labute approximate surface area is 111 Å². The second-order valence-electron chi connectivity index (χ2n) is 5.16. The molecule has 0 fully saturated rings. The monoisotopic (exact) mass is 256 g/mol. The van der Waals surface area contributed by atoms with E-state index in [0.29, 0.717) is 25.7 Å². The van der Waals surface area contributed by atoms with Crippen LogP contribution in [0.4, 0.5) is 0 Å². The zero-order chi connectivity index (χ0) is 14.0. The van der Waals surface area contributed by atoms with Gasteiger partial charge in [-0.2, -0.15) is 0 Å². The Balaban J connectivity index is 3.52. The van der Waals surface area contributed by atoms with Gasteiger partial charge in [0.25, 0.3) is 0 Å². The number of hydrogen-bond acceptors (Lipinski definition) is 3.